The van der Waals surface area contributed by atoms with Crippen LogP contribution in [-0.4, -0.2) is 23.5 Å². The molecule has 0 bridgehead atoms. The summed E-state index contributed by atoms with van der Waals surface area (Å²) in [5, 5.41) is 1.14. The predicted octanol–water partition coefficient (Wildman–Crippen LogP) is 3.73. The first-order valence-corrected chi connectivity index (χ1v) is 8.90. The average Bonchev–Trinajstić information content (AvgIpc) is 3.28. The Hall–Kier alpha value is -2.99. The SMILES string of the molecule is COc1cc(/C=C2\CCn3c2nc2cc(Cl)ccc2c3=O)cc2c1OCO2. The summed E-state index contributed by atoms with van der Waals surface area (Å²) in [5.74, 6) is 2.55. The number of methoxy groups -OCH3 is 1. The third-order valence-electron chi connectivity index (χ3n) is 4.83. The van der Waals surface area contributed by atoms with Gasteiger partial charge in [-0.05, 0) is 54.0 Å². The molecule has 136 valence electrons. The first kappa shape index (κ1) is 16.2. The summed E-state index contributed by atoms with van der Waals surface area (Å²) >= 11 is 6.07. The maximum Gasteiger partial charge on any atom is 0.261 e. The third kappa shape index (κ3) is 2.56. The van der Waals surface area contributed by atoms with Gasteiger partial charge in [-0.3, -0.25) is 9.36 Å². The second-order valence-corrected chi connectivity index (χ2v) is 6.87. The molecule has 0 saturated carbocycles. The fourth-order valence-corrected chi connectivity index (χ4v) is 3.73. The van der Waals surface area contributed by atoms with Crippen molar-refractivity contribution in [2.45, 2.75) is 13.0 Å². The van der Waals surface area contributed by atoms with Crippen LogP contribution in [-0.2, 0) is 6.54 Å². The number of halogens is 1. The molecule has 0 atom stereocenters. The number of hydrogen-bond donors (Lipinski definition) is 0. The summed E-state index contributed by atoms with van der Waals surface area (Å²) in [4.78, 5) is 17.5. The second-order valence-electron chi connectivity index (χ2n) is 6.43. The highest BCUT2D eigenvalue weighted by Crippen LogP contribution is 2.42. The van der Waals surface area contributed by atoms with Crippen LogP contribution in [0.4, 0.5) is 0 Å². The molecule has 0 saturated heterocycles. The smallest absolute Gasteiger partial charge is 0.261 e. The van der Waals surface area contributed by atoms with E-state index < -0.39 is 0 Å². The van der Waals surface area contributed by atoms with E-state index in [0.29, 0.717) is 45.5 Å². The van der Waals surface area contributed by atoms with Gasteiger partial charge in [-0.2, -0.15) is 0 Å². The molecule has 2 aliphatic heterocycles. The van der Waals surface area contributed by atoms with Gasteiger partial charge in [-0.1, -0.05) is 11.6 Å². The van der Waals surface area contributed by atoms with E-state index in [-0.39, 0.29) is 12.4 Å². The molecule has 2 aliphatic rings. The van der Waals surface area contributed by atoms with Crippen LogP contribution >= 0.6 is 11.6 Å². The molecule has 3 aromatic rings. The van der Waals surface area contributed by atoms with Gasteiger partial charge in [0.25, 0.3) is 5.56 Å². The van der Waals surface area contributed by atoms with Crippen LogP contribution in [0.25, 0.3) is 22.6 Å². The summed E-state index contributed by atoms with van der Waals surface area (Å²) < 4.78 is 18.0. The van der Waals surface area contributed by atoms with Crippen molar-refractivity contribution in [1.82, 2.24) is 9.55 Å². The van der Waals surface area contributed by atoms with Crippen molar-refractivity contribution in [3.63, 3.8) is 0 Å². The van der Waals surface area contributed by atoms with Crippen LogP contribution in [0.1, 0.15) is 17.8 Å². The molecule has 3 heterocycles. The third-order valence-corrected chi connectivity index (χ3v) is 5.07. The fourth-order valence-electron chi connectivity index (χ4n) is 3.56. The number of fused-ring (bicyclic) bond motifs is 3. The number of aromatic nitrogens is 2. The maximum absolute atomic E-state index is 12.8. The Balaban J connectivity index is 1.65. The van der Waals surface area contributed by atoms with E-state index in [1.54, 1.807) is 29.9 Å². The molecule has 1 aromatic heterocycles. The second kappa shape index (κ2) is 6.03. The van der Waals surface area contributed by atoms with Gasteiger partial charge in [0.15, 0.2) is 11.5 Å². The number of rotatable bonds is 2. The van der Waals surface area contributed by atoms with Crippen molar-refractivity contribution >= 4 is 34.2 Å². The van der Waals surface area contributed by atoms with E-state index in [4.69, 9.17) is 30.8 Å². The topological polar surface area (TPSA) is 62.6 Å². The van der Waals surface area contributed by atoms with Crippen LogP contribution in [0.2, 0.25) is 5.02 Å². The number of ether oxygens (including phenoxy) is 3. The Morgan fingerprint density at radius 3 is 3.00 bits per heavy atom. The van der Waals surface area contributed by atoms with Crippen molar-refractivity contribution in [2.75, 3.05) is 13.9 Å². The summed E-state index contributed by atoms with van der Waals surface area (Å²) in [5.41, 5.74) is 2.45. The number of allylic oxidation sites excluding steroid dienone is 1. The molecule has 7 heteroatoms. The quantitative estimate of drug-likeness (QED) is 0.675. The maximum atomic E-state index is 12.8. The van der Waals surface area contributed by atoms with Gasteiger partial charge >= 0.3 is 0 Å². The molecule has 0 N–H and O–H groups in total. The minimum atomic E-state index is -0.0432. The Morgan fingerprint density at radius 2 is 2.15 bits per heavy atom. The molecule has 5 rings (SSSR count). The molecule has 6 nitrogen and oxygen atoms in total. The van der Waals surface area contributed by atoms with Gasteiger partial charge in [-0.25, -0.2) is 4.98 Å². The zero-order valence-corrected chi connectivity index (χ0v) is 15.2. The minimum Gasteiger partial charge on any atom is -0.493 e. The standard InChI is InChI=1S/C20H15ClN2O4/c1-25-16-7-11(8-17-18(16)27-10-26-17)6-12-4-5-23-19(12)22-15-9-13(21)2-3-14(15)20(23)24/h2-3,6-9H,4-5,10H2,1H3/b12-6+. The molecule has 2 aromatic carbocycles. The Labute approximate surface area is 159 Å². The normalized spacial score (nSPS) is 16.1. The molecule has 27 heavy (non-hydrogen) atoms. The van der Waals surface area contributed by atoms with E-state index in [9.17, 15) is 4.79 Å². The largest absolute Gasteiger partial charge is 0.493 e. The van der Waals surface area contributed by atoms with Gasteiger partial charge in [0.2, 0.25) is 12.5 Å². The summed E-state index contributed by atoms with van der Waals surface area (Å²) in [6.07, 6.45) is 2.73. The van der Waals surface area contributed by atoms with Gasteiger partial charge in [0.05, 0.1) is 18.0 Å². The zero-order chi connectivity index (χ0) is 18.5. The minimum absolute atomic E-state index is 0.0432. The first-order valence-electron chi connectivity index (χ1n) is 8.53. The average molecular weight is 383 g/mol. The lowest BCUT2D eigenvalue weighted by atomic mass is 10.1. The van der Waals surface area contributed by atoms with Gasteiger partial charge in [-0.15, -0.1) is 0 Å². The molecule has 0 amide bonds. The molecule has 0 spiro atoms. The Bertz CT molecular complexity index is 1180. The summed E-state index contributed by atoms with van der Waals surface area (Å²) in [7, 11) is 1.59. The number of nitrogens with zero attached hydrogens (tertiary/aromatic N) is 2. The lowest BCUT2D eigenvalue weighted by Crippen LogP contribution is -2.20. The summed E-state index contributed by atoms with van der Waals surface area (Å²) in [6, 6.07) is 8.95. The van der Waals surface area contributed by atoms with Crippen LogP contribution in [0.5, 0.6) is 17.2 Å². The van der Waals surface area contributed by atoms with Crippen molar-refractivity contribution in [3.8, 4) is 17.2 Å². The van der Waals surface area contributed by atoms with Crippen LogP contribution in [0.3, 0.4) is 0 Å². The van der Waals surface area contributed by atoms with Crippen molar-refractivity contribution < 1.29 is 14.2 Å². The van der Waals surface area contributed by atoms with Gasteiger partial charge in [0, 0.05) is 11.6 Å². The Morgan fingerprint density at radius 1 is 1.26 bits per heavy atom. The highest BCUT2D eigenvalue weighted by Gasteiger charge is 2.23. The molecule has 0 radical (unpaired) electrons. The van der Waals surface area contributed by atoms with Crippen molar-refractivity contribution in [3.05, 3.63) is 57.1 Å². The highest BCUT2D eigenvalue weighted by atomic mass is 35.5. The molecule has 0 aliphatic carbocycles. The Kier molecular flexibility index (Phi) is 3.62. The van der Waals surface area contributed by atoms with E-state index in [1.165, 1.54) is 0 Å². The lowest BCUT2D eigenvalue weighted by molar-refractivity contribution is 0.171. The predicted molar refractivity (Wildman–Crippen MR) is 103 cm³/mol. The van der Waals surface area contributed by atoms with Crippen LogP contribution in [0.15, 0.2) is 35.1 Å². The highest BCUT2D eigenvalue weighted by molar-refractivity contribution is 6.31. The van der Waals surface area contributed by atoms with E-state index in [2.05, 4.69) is 0 Å². The molecular formula is C20H15ClN2O4. The zero-order valence-electron chi connectivity index (χ0n) is 14.5. The lowest BCUT2D eigenvalue weighted by Gasteiger charge is -2.08. The number of benzene rings is 2. The first-order chi connectivity index (χ1) is 13.1. The van der Waals surface area contributed by atoms with Crippen molar-refractivity contribution in [1.29, 1.82) is 0 Å². The van der Waals surface area contributed by atoms with Gasteiger partial charge in [0.1, 0.15) is 5.82 Å². The van der Waals surface area contributed by atoms with E-state index >= 15 is 0 Å². The van der Waals surface area contributed by atoms with Gasteiger partial charge < -0.3 is 14.2 Å². The monoisotopic (exact) mass is 382 g/mol. The van der Waals surface area contributed by atoms with Crippen molar-refractivity contribution in [2.24, 2.45) is 0 Å². The van der Waals surface area contributed by atoms with Crippen LogP contribution < -0.4 is 19.8 Å². The van der Waals surface area contributed by atoms with Crippen LogP contribution in [0, 0.1) is 0 Å². The van der Waals surface area contributed by atoms with E-state index in [1.807, 2.05) is 18.2 Å². The summed E-state index contributed by atoms with van der Waals surface area (Å²) in [6.45, 7) is 0.783. The fraction of sp³-hybridized carbons (Fsp3) is 0.200. The van der Waals surface area contributed by atoms with E-state index in [0.717, 1.165) is 17.6 Å². The molecule has 0 fully saturated rings. The molecule has 0 unspecified atom stereocenters. The number of hydrogen-bond acceptors (Lipinski definition) is 5. The molecular weight excluding hydrogens is 368 g/mol.